The largest absolute Gasteiger partial charge is 0.423 e. The average molecular weight is 441 g/mol. The third kappa shape index (κ3) is 3.75. The van der Waals surface area contributed by atoms with Gasteiger partial charge in [0.1, 0.15) is 5.58 Å². The Morgan fingerprint density at radius 2 is 1.81 bits per heavy atom. The molecule has 0 aliphatic carbocycles. The minimum atomic E-state index is -3.52. The molecule has 31 heavy (non-hydrogen) atoms. The monoisotopic (exact) mass is 440 g/mol. The van der Waals surface area contributed by atoms with Crippen LogP contribution in [0.3, 0.4) is 0 Å². The predicted molar refractivity (Wildman–Crippen MR) is 118 cm³/mol. The smallest absolute Gasteiger partial charge is 0.336 e. The van der Waals surface area contributed by atoms with Gasteiger partial charge in [-0.25, -0.2) is 13.2 Å². The minimum Gasteiger partial charge on any atom is -0.423 e. The number of sulfonamides is 1. The fourth-order valence-corrected chi connectivity index (χ4v) is 5.84. The summed E-state index contributed by atoms with van der Waals surface area (Å²) in [5, 5.41) is 0.921. The summed E-state index contributed by atoms with van der Waals surface area (Å²) < 4.78 is 38.1. The summed E-state index contributed by atoms with van der Waals surface area (Å²) in [7, 11) is -3.52. The molecule has 2 aromatic carbocycles. The fourth-order valence-electron chi connectivity index (χ4n) is 4.38. The molecule has 7 nitrogen and oxygen atoms in total. The van der Waals surface area contributed by atoms with E-state index in [0.29, 0.717) is 43.3 Å². The second-order valence-electron chi connectivity index (χ2n) is 8.07. The molecule has 1 aromatic heterocycles. The highest BCUT2D eigenvalue weighted by molar-refractivity contribution is 7.89. The number of fused-ring (bicyclic) bond motifs is 2. The van der Waals surface area contributed by atoms with Crippen molar-refractivity contribution in [2.45, 2.75) is 24.8 Å². The first-order chi connectivity index (χ1) is 14.9. The highest BCUT2D eigenvalue weighted by atomic mass is 32.2. The molecule has 5 rings (SSSR count). The van der Waals surface area contributed by atoms with Crippen LogP contribution < -0.4 is 10.5 Å². The number of nitrogens with zero attached hydrogens (tertiary/aromatic N) is 2. The van der Waals surface area contributed by atoms with E-state index in [9.17, 15) is 13.2 Å². The van der Waals surface area contributed by atoms with E-state index < -0.39 is 10.0 Å². The molecule has 3 heterocycles. The molecule has 0 spiro atoms. The maximum absolute atomic E-state index is 13.0. The SMILES string of the molecule is Cc1ccc2c(CN3CCc4cc(S(=O)(=O)N5CCOCC5)ccc43)cc(=O)oc2c1. The third-order valence-electron chi connectivity index (χ3n) is 6.00. The van der Waals surface area contributed by atoms with Crippen molar-refractivity contribution in [1.29, 1.82) is 0 Å². The van der Waals surface area contributed by atoms with Crippen LogP contribution in [0.4, 0.5) is 5.69 Å². The Hall–Kier alpha value is -2.68. The maximum atomic E-state index is 13.0. The molecular weight excluding hydrogens is 416 g/mol. The number of rotatable bonds is 4. The van der Waals surface area contributed by atoms with Crippen molar-refractivity contribution in [3.63, 3.8) is 0 Å². The van der Waals surface area contributed by atoms with Crippen LogP contribution in [-0.2, 0) is 27.7 Å². The molecule has 8 heteroatoms. The van der Waals surface area contributed by atoms with Gasteiger partial charge in [-0.3, -0.25) is 0 Å². The molecule has 0 bridgehead atoms. The van der Waals surface area contributed by atoms with E-state index in [1.807, 2.05) is 31.2 Å². The molecule has 1 saturated heterocycles. The Balaban J connectivity index is 1.44. The second kappa shape index (κ2) is 7.78. The standard InChI is InChI=1S/C23H24N2O5S/c1-16-2-4-20-18(14-23(26)30-22(20)12-16)15-24-7-6-17-13-19(3-5-21(17)24)31(27,28)25-8-10-29-11-9-25/h2-5,12-14H,6-11,15H2,1H3. The maximum Gasteiger partial charge on any atom is 0.336 e. The van der Waals surface area contributed by atoms with E-state index in [-0.39, 0.29) is 5.63 Å². The molecule has 2 aliphatic rings. The van der Waals surface area contributed by atoms with Crippen molar-refractivity contribution in [1.82, 2.24) is 4.31 Å². The van der Waals surface area contributed by atoms with Gasteiger partial charge in [-0.05, 0) is 54.3 Å². The zero-order chi connectivity index (χ0) is 21.6. The van der Waals surface area contributed by atoms with Gasteiger partial charge in [0.05, 0.1) is 18.1 Å². The van der Waals surface area contributed by atoms with Crippen LogP contribution in [0.1, 0.15) is 16.7 Å². The van der Waals surface area contributed by atoms with Crippen LogP contribution in [0.2, 0.25) is 0 Å². The Bertz CT molecular complexity index is 1310. The van der Waals surface area contributed by atoms with Gasteiger partial charge in [0.25, 0.3) is 0 Å². The van der Waals surface area contributed by atoms with Crippen molar-refractivity contribution >= 4 is 26.7 Å². The quantitative estimate of drug-likeness (QED) is 0.581. The molecular formula is C23H24N2O5S. The lowest BCUT2D eigenvalue weighted by atomic mass is 10.1. The van der Waals surface area contributed by atoms with Crippen molar-refractivity contribution in [3.8, 4) is 0 Å². The van der Waals surface area contributed by atoms with Crippen LogP contribution >= 0.6 is 0 Å². The predicted octanol–water partition coefficient (Wildman–Crippen LogP) is 2.69. The number of hydrogen-bond donors (Lipinski definition) is 0. The number of anilines is 1. The van der Waals surface area contributed by atoms with Gasteiger partial charge in [-0.1, -0.05) is 12.1 Å². The molecule has 1 fully saturated rings. The topological polar surface area (TPSA) is 80.1 Å². The first-order valence-electron chi connectivity index (χ1n) is 10.4. The van der Waals surface area contributed by atoms with Crippen LogP contribution in [-0.4, -0.2) is 45.6 Å². The summed E-state index contributed by atoms with van der Waals surface area (Å²) in [6, 6.07) is 12.8. The van der Waals surface area contributed by atoms with Gasteiger partial charge < -0.3 is 14.1 Å². The molecule has 0 saturated carbocycles. The highest BCUT2D eigenvalue weighted by Gasteiger charge is 2.29. The van der Waals surface area contributed by atoms with Crippen LogP contribution in [0.15, 0.2) is 56.6 Å². The van der Waals surface area contributed by atoms with Gasteiger partial charge in [0.15, 0.2) is 0 Å². The number of benzene rings is 2. The molecule has 3 aromatic rings. The molecule has 0 amide bonds. The van der Waals surface area contributed by atoms with E-state index in [4.69, 9.17) is 9.15 Å². The summed E-state index contributed by atoms with van der Waals surface area (Å²) in [5.74, 6) is 0. The summed E-state index contributed by atoms with van der Waals surface area (Å²) in [4.78, 5) is 14.6. The molecule has 0 atom stereocenters. The molecule has 0 radical (unpaired) electrons. The first-order valence-corrected chi connectivity index (χ1v) is 11.8. The van der Waals surface area contributed by atoms with Crippen molar-refractivity contribution in [3.05, 3.63) is 69.6 Å². The summed E-state index contributed by atoms with van der Waals surface area (Å²) in [5.41, 5.74) is 4.19. The van der Waals surface area contributed by atoms with E-state index in [2.05, 4.69) is 4.90 Å². The first kappa shape index (κ1) is 20.2. The Kier molecular flexibility index (Phi) is 5.08. The lowest BCUT2D eigenvalue weighted by molar-refractivity contribution is 0.0730. The minimum absolute atomic E-state index is 0.330. The third-order valence-corrected chi connectivity index (χ3v) is 7.89. The zero-order valence-corrected chi connectivity index (χ0v) is 18.2. The normalized spacial score (nSPS) is 17.3. The Morgan fingerprint density at radius 3 is 2.61 bits per heavy atom. The number of hydrogen-bond acceptors (Lipinski definition) is 6. The lowest BCUT2D eigenvalue weighted by Crippen LogP contribution is -2.40. The van der Waals surface area contributed by atoms with E-state index >= 15 is 0 Å². The Labute approximate surface area is 180 Å². The number of morpholine rings is 1. The van der Waals surface area contributed by atoms with E-state index in [0.717, 1.165) is 40.7 Å². The van der Waals surface area contributed by atoms with Gasteiger partial charge in [-0.2, -0.15) is 4.31 Å². The van der Waals surface area contributed by atoms with Crippen molar-refractivity contribution < 1.29 is 17.6 Å². The number of ether oxygens (including phenoxy) is 1. The van der Waals surface area contributed by atoms with Gasteiger partial charge in [-0.15, -0.1) is 0 Å². The fraction of sp³-hybridized carbons (Fsp3) is 0.348. The van der Waals surface area contributed by atoms with Gasteiger partial charge >= 0.3 is 5.63 Å². The summed E-state index contributed by atoms with van der Waals surface area (Å²) in [6.07, 6.45) is 0.764. The highest BCUT2D eigenvalue weighted by Crippen LogP contribution is 2.33. The molecule has 162 valence electrons. The van der Waals surface area contributed by atoms with Crippen LogP contribution in [0.25, 0.3) is 11.0 Å². The van der Waals surface area contributed by atoms with Crippen molar-refractivity contribution in [2.24, 2.45) is 0 Å². The van der Waals surface area contributed by atoms with Crippen LogP contribution in [0.5, 0.6) is 0 Å². The molecule has 2 aliphatic heterocycles. The van der Waals surface area contributed by atoms with Crippen molar-refractivity contribution in [2.75, 3.05) is 37.7 Å². The van der Waals surface area contributed by atoms with Gasteiger partial charge in [0, 0.05) is 43.3 Å². The van der Waals surface area contributed by atoms with Gasteiger partial charge in [0.2, 0.25) is 10.0 Å². The van der Waals surface area contributed by atoms with Crippen LogP contribution in [0, 0.1) is 6.92 Å². The van der Waals surface area contributed by atoms with E-state index in [1.165, 1.54) is 4.31 Å². The average Bonchev–Trinajstić information content (AvgIpc) is 3.16. The summed E-state index contributed by atoms with van der Waals surface area (Å²) in [6.45, 7) is 4.92. The molecule has 0 N–H and O–H groups in total. The Morgan fingerprint density at radius 1 is 1.00 bits per heavy atom. The number of aryl methyl sites for hydroxylation is 1. The zero-order valence-electron chi connectivity index (χ0n) is 17.3. The lowest BCUT2D eigenvalue weighted by Gasteiger charge is -2.26. The summed E-state index contributed by atoms with van der Waals surface area (Å²) >= 11 is 0. The van der Waals surface area contributed by atoms with E-state index in [1.54, 1.807) is 18.2 Å². The second-order valence-corrected chi connectivity index (χ2v) is 10.0. The molecule has 0 unspecified atom stereocenters.